The lowest BCUT2D eigenvalue weighted by Gasteiger charge is -2.03. The third-order valence-corrected chi connectivity index (χ3v) is 3.49. The second-order valence-corrected chi connectivity index (χ2v) is 4.81. The minimum atomic E-state index is -0.0430. The summed E-state index contributed by atoms with van der Waals surface area (Å²) in [5.74, 6) is -0.0430. The first-order valence-corrected chi connectivity index (χ1v) is 6.22. The summed E-state index contributed by atoms with van der Waals surface area (Å²) in [5.41, 5.74) is 6.60. The Morgan fingerprint density at radius 3 is 2.59 bits per heavy atom. The third-order valence-electron chi connectivity index (χ3n) is 2.38. The summed E-state index contributed by atoms with van der Waals surface area (Å²) < 4.78 is 0. The van der Waals surface area contributed by atoms with Crippen LogP contribution in [0.1, 0.15) is 20.1 Å². The molecule has 0 aliphatic heterocycles. The standard InChI is InChI=1S/C13H14N2OS/c14-8-11-6-7-12(17-11)13(16)15-9-10-4-2-1-3-5-10/h1-7H,8-9,14H2,(H,15,16). The van der Waals surface area contributed by atoms with Crippen LogP contribution in [0.15, 0.2) is 42.5 Å². The molecule has 2 rings (SSSR count). The Hall–Kier alpha value is -1.65. The van der Waals surface area contributed by atoms with Gasteiger partial charge in [-0.1, -0.05) is 30.3 Å². The van der Waals surface area contributed by atoms with Crippen LogP contribution in [0.5, 0.6) is 0 Å². The maximum Gasteiger partial charge on any atom is 0.261 e. The van der Waals surface area contributed by atoms with E-state index in [1.54, 1.807) is 0 Å². The molecular weight excluding hydrogens is 232 g/mol. The van der Waals surface area contributed by atoms with E-state index in [-0.39, 0.29) is 5.91 Å². The van der Waals surface area contributed by atoms with E-state index in [1.807, 2.05) is 42.5 Å². The summed E-state index contributed by atoms with van der Waals surface area (Å²) >= 11 is 1.44. The summed E-state index contributed by atoms with van der Waals surface area (Å²) in [7, 11) is 0. The van der Waals surface area contributed by atoms with Crippen LogP contribution in [0, 0.1) is 0 Å². The zero-order valence-electron chi connectivity index (χ0n) is 9.35. The Bertz CT molecular complexity index is 493. The molecule has 0 atom stereocenters. The van der Waals surface area contributed by atoms with Crippen molar-refractivity contribution < 1.29 is 4.79 Å². The van der Waals surface area contributed by atoms with E-state index in [0.29, 0.717) is 18.0 Å². The van der Waals surface area contributed by atoms with E-state index in [4.69, 9.17) is 5.73 Å². The fourth-order valence-corrected chi connectivity index (χ4v) is 2.28. The molecule has 0 bridgehead atoms. The molecule has 3 nitrogen and oxygen atoms in total. The van der Waals surface area contributed by atoms with E-state index in [9.17, 15) is 4.79 Å². The van der Waals surface area contributed by atoms with Gasteiger partial charge < -0.3 is 11.1 Å². The fraction of sp³-hybridized carbons (Fsp3) is 0.154. The predicted octanol–water partition coefficient (Wildman–Crippen LogP) is 2.14. The molecule has 0 fully saturated rings. The summed E-state index contributed by atoms with van der Waals surface area (Å²) in [6, 6.07) is 13.5. The molecule has 1 aromatic carbocycles. The van der Waals surface area contributed by atoms with Gasteiger partial charge in [0, 0.05) is 18.0 Å². The van der Waals surface area contributed by atoms with Gasteiger partial charge >= 0.3 is 0 Å². The highest BCUT2D eigenvalue weighted by atomic mass is 32.1. The predicted molar refractivity (Wildman–Crippen MR) is 69.8 cm³/mol. The molecule has 0 saturated carbocycles. The zero-order valence-corrected chi connectivity index (χ0v) is 10.2. The highest BCUT2D eigenvalue weighted by molar-refractivity contribution is 7.14. The molecule has 3 N–H and O–H groups in total. The van der Waals surface area contributed by atoms with Crippen molar-refractivity contribution in [3.05, 3.63) is 57.8 Å². The van der Waals surface area contributed by atoms with Gasteiger partial charge in [0.2, 0.25) is 0 Å². The van der Waals surface area contributed by atoms with Gasteiger partial charge in [0.1, 0.15) is 0 Å². The first-order chi connectivity index (χ1) is 8.29. The van der Waals surface area contributed by atoms with Crippen molar-refractivity contribution in [1.29, 1.82) is 0 Å². The second kappa shape index (κ2) is 5.61. The van der Waals surface area contributed by atoms with Gasteiger partial charge in [-0.3, -0.25) is 4.79 Å². The van der Waals surface area contributed by atoms with Crippen LogP contribution in [0.4, 0.5) is 0 Å². The molecule has 0 aliphatic rings. The minimum absolute atomic E-state index is 0.0430. The lowest BCUT2D eigenvalue weighted by atomic mass is 10.2. The molecule has 17 heavy (non-hydrogen) atoms. The van der Waals surface area contributed by atoms with Crippen molar-refractivity contribution in [2.75, 3.05) is 0 Å². The Kier molecular flexibility index (Phi) is 3.90. The lowest BCUT2D eigenvalue weighted by molar-refractivity contribution is 0.0955. The number of carbonyl (C=O) groups is 1. The van der Waals surface area contributed by atoms with Crippen molar-refractivity contribution in [3.8, 4) is 0 Å². The number of amides is 1. The number of nitrogens with two attached hydrogens (primary N) is 1. The van der Waals surface area contributed by atoms with Crippen molar-refractivity contribution >= 4 is 17.2 Å². The highest BCUT2D eigenvalue weighted by Crippen LogP contribution is 2.15. The number of carbonyl (C=O) groups excluding carboxylic acids is 1. The molecule has 0 unspecified atom stereocenters. The molecular formula is C13H14N2OS. The third kappa shape index (κ3) is 3.15. The molecule has 4 heteroatoms. The van der Waals surface area contributed by atoms with E-state index in [2.05, 4.69) is 5.32 Å². The Balaban J connectivity index is 1.93. The van der Waals surface area contributed by atoms with Gasteiger partial charge in [-0.2, -0.15) is 0 Å². The topological polar surface area (TPSA) is 55.1 Å². The Labute approximate surface area is 104 Å². The van der Waals surface area contributed by atoms with Crippen LogP contribution in [-0.2, 0) is 13.1 Å². The van der Waals surface area contributed by atoms with Gasteiger partial charge in [0.05, 0.1) is 4.88 Å². The smallest absolute Gasteiger partial charge is 0.261 e. The lowest BCUT2D eigenvalue weighted by Crippen LogP contribution is -2.21. The quantitative estimate of drug-likeness (QED) is 0.868. The van der Waals surface area contributed by atoms with Crippen LogP contribution in [0.3, 0.4) is 0 Å². The van der Waals surface area contributed by atoms with Gasteiger partial charge in [0.15, 0.2) is 0 Å². The van der Waals surface area contributed by atoms with Crippen LogP contribution < -0.4 is 11.1 Å². The van der Waals surface area contributed by atoms with Gasteiger partial charge in [-0.25, -0.2) is 0 Å². The van der Waals surface area contributed by atoms with Crippen molar-refractivity contribution in [3.63, 3.8) is 0 Å². The Morgan fingerprint density at radius 2 is 1.94 bits per heavy atom. The number of benzene rings is 1. The highest BCUT2D eigenvalue weighted by Gasteiger charge is 2.07. The van der Waals surface area contributed by atoms with Crippen LogP contribution >= 0.6 is 11.3 Å². The van der Waals surface area contributed by atoms with Crippen molar-refractivity contribution in [1.82, 2.24) is 5.32 Å². The van der Waals surface area contributed by atoms with E-state index in [1.165, 1.54) is 11.3 Å². The first kappa shape index (κ1) is 11.8. The largest absolute Gasteiger partial charge is 0.347 e. The maximum atomic E-state index is 11.8. The first-order valence-electron chi connectivity index (χ1n) is 5.40. The molecule has 1 heterocycles. The average molecular weight is 246 g/mol. The summed E-state index contributed by atoms with van der Waals surface area (Å²) in [6.07, 6.45) is 0. The monoisotopic (exact) mass is 246 g/mol. The van der Waals surface area contributed by atoms with E-state index < -0.39 is 0 Å². The van der Waals surface area contributed by atoms with Crippen LogP contribution in [-0.4, -0.2) is 5.91 Å². The number of hydrogen-bond donors (Lipinski definition) is 2. The number of hydrogen-bond acceptors (Lipinski definition) is 3. The zero-order chi connectivity index (χ0) is 12.1. The summed E-state index contributed by atoms with van der Waals surface area (Å²) in [5, 5.41) is 2.88. The molecule has 1 amide bonds. The SMILES string of the molecule is NCc1ccc(C(=O)NCc2ccccc2)s1. The molecule has 88 valence electrons. The summed E-state index contributed by atoms with van der Waals surface area (Å²) in [4.78, 5) is 13.5. The Morgan fingerprint density at radius 1 is 1.18 bits per heavy atom. The number of nitrogens with one attached hydrogen (secondary N) is 1. The van der Waals surface area contributed by atoms with Gasteiger partial charge in [-0.15, -0.1) is 11.3 Å². The van der Waals surface area contributed by atoms with Crippen LogP contribution in [0.25, 0.3) is 0 Å². The average Bonchev–Trinajstić information content (AvgIpc) is 2.86. The normalized spacial score (nSPS) is 10.2. The fourth-order valence-electron chi connectivity index (χ4n) is 1.47. The molecule has 0 spiro atoms. The molecule has 0 aliphatic carbocycles. The molecule has 0 saturated heterocycles. The van der Waals surface area contributed by atoms with Gasteiger partial charge in [-0.05, 0) is 17.7 Å². The number of thiophene rings is 1. The molecule has 2 aromatic rings. The number of rotatable bonds is 4. The maximum absolute atomic E-state index is 11.8. The molecule has 0 radical (unpaired) electrons. The summed E-state index contributed by atoms with van der Waals surface area (Å²) in [6.45, 7) is 1.03. The van der Waals surface area contributed by atoms with Crippen molar-refractivity contribution in [2.45, 2.75) is 13.1 Å². The van der Waals surface area contributed by atoms with E-state index in [0.717, 1.165) is 10.4 Å². The van der Waals surface area contributed by atoms with Gasteiger partial charge in [0.25, 0.3) is 5.91 Å². The van der Waals surface area contributed by atoms with Crippen LogP contribution in [0.2, 0.25) is 0 Å². The van der Waals surface area contributed by atoms with E-state index >= 15 is 0 Å². The molecule has 1 aromatic heterocycles. The second-order valence-electron chi connectivity index (χ2n) is 3.64. The van der Waals surface area contributed by atoms with Crippen molar-refractivity contribution in [2.24, 2.45) is 5.73 Å². The minimum Gasteiger partial charge on any atom is -0.347 e.